The summed E-state index contributed by atoms with van der Waals surface area (Å²) in [6.07, 6.45) is 8.28. The average Bonchev–Trinajstić information content (AvgIpc) is 3.03. The first-order chi connectivity index (χ1) is 13.1. The maximum Gasteiger partial charge on any atom is 0.236 e. The summed E-state index contributed by atoms with van der Waals surface area (Å²) in [4.78, 5) is 35.4. The van der Waals surface area contributed by atoms with Crippen molar-refractivity contribution in [2.45, 2.75) is 45.1 Å². The van der Waals surface area contributed by atoms with Crippen LogP contribution in [-0.4, -0.2) is 71.3 Å². The number of aromatic nitrogens is 1. The van der Waals surface area contributed by atoms with Gasteiger partial charge in [-0.05, 0) is 44.4 Å². The zero-order valence-corrected chi connectivity index (χ0v) is 16.5. The topological polar surface area (TPSA) is 56.8 Å². The van der Waals surface area contributed by atoms with E-state index < -0.39 is 0 Å². The SMILES string of the molecule is CN(CC(=O)N1CCCN(C(=O)CC2CCCC2)CC1)Cc1ccccn1. The summed E-state index contributed by atoms with van der Waals surface area (Å²) in [5.74, 6) is 1.00. The Kier molecular flexibility index (Phi) is 7.21. The molecule has 1 aromatic heterocycles. The second kappa shape index (κ2) is 9.83. The fourth-order valence-electron chi connectivity index (χ4n) is 4.16. The number of rotatable bonds is 6. The molecule has 2 aliphatic rings. The number of hydrogen-bond acceptors (Lipinski definition) is 4. The summed E-state index contributed by atoms with van der Waals surface area (Å²) in [5, 5.41) is 0. The van der Waals surface area contributed by atoms with Crippen LogP contribution in [0.3, 0.4) is 0 Å². The Bertz CT molecular complexity index is 616. The molecule has 2 heterocycles. The number of hydrogen-bond donors (Lipinski definition) is 0. The molecule has 1 aliphatic heterocycles. The Morgan fingerprint density at radius 1 is 1.04 bits per heavy atom. The van der Waals surface area contributed by atoms with Gasteiger partial charge in [-0.3, -0.25) is 19.5 Å². The summed E-state index contributed by atoms with van der Waals surface area (Å²) < 4.78 is 0. The molecule has 0 atom stereocenters. The molecule has 1 saturated heterocycles. The van der Waals surface area contributed by atoms with Crippen LogP contribution in [-0.2, 0) is 16.1 Å². The van der Waals surface area contributed by atoms with Gasteiger partial charge in [0.2, 0.25) is 11.8 Å². The third kappa shape index (κ3) is 6.03. The van der Waals surface area contributed by atoms with Gasteiger partial charge in [-0.25, -0.2) is 0 Å². The normalized spacial score (nSPS) is 18.7. The van der Waals surface area contributed by atoms with Crippen molar-refractivity contribution in [2.75, 3.05) is 39.8 Å². The molecule has 148 valence electrons. The molecule has 27 heavy (non-hydrogen) atoms. The molecule has 0 radical (unpaired) electrons. The van der Waals surface area contributed by atoms with Crippen molar-refractivity contribution in [3.8, 4) is 0 Å². The third-order valence-corrected chi connectivity index (χ3v) is 5.70. The quantitative estimate of drug-likeness (QED) is 0.768. The van der Waals surface area contributed by atoms with Crippen molar-refractivity contribution >= 4 is 11.8 Å². The van der Waals surface area contributed by atoms with E-state index in [-0.39, 0.29) is 11.8 Å². The predicted molar refractivity (Wildman–Crippen MR) is 105 cm³/mol. The average molecular weight is 373 g/mol. The zero-order valence-electron chi connectivity index (χ0n) is 16.5. The summed E-state index contributed by atoms with van der Waals surface area (Å²) in [5.41, 5.74) is 0.965. The van der Waals surface area contributed by atoms with Crippen LogP contribution < -0.4 is 0 Å². The molecule has 2 fully saturated rings. The lowest BCUT2D eigenvalue weighted by atomic mass is 10.0. The lowest BCUT2D eigenvalue weighted by Crippen LogP contribution is -2.41. The first-order valence-electron chi connectivity index (χ1n) is 10.3. The third-order valence-electron chi connectivity index (χ3n) is 5.70. The van der Waals surface area contributed by atoms with E-state index in [1.807, 2.05) is 39.9 Å². The van der Waals surface area contributed by atoms with E-state index in [1.165, 1.54) is 25.7 Å². The fraction of sp³-hybridized carbons (Fsp3) is 0.667. The smallest absolute Gasteiger partial charge is 0.236 e. The minimum Gasteiger partial charge on any atom is -0.341 e. The molecule has 0 aromatic carbocycles. The molecule has 6 heteroatoms. The first kappa shape index (κ1) is 19.8. The van der Waals surface area contributed by atoms with Gasteiger partial charge in [-0.2, -0.15) is 0 Å². The Hall–Kier alpha value is -1.95. The van der Waals surface area contributed by atoms with Crippen LogP contribution in [0.25, 0.3) is 0 Å². The van der Waals surface area contributed by atoms with E-state index >= 15 is 0 Å². The van der Waals surface area contributed by atoms with Crippen molar-refractivity contribution in [1.82, 2.24) is 19.7 Å². The summed E-state index contributed by atoms with van der Waals surface area (Å²) in [6, 6.07) is 5.83. The van der Waals surface area contributed by atoms with E-state index in [9.17, 15) is 9.59 Å². The second-order valence-electron chi connectivity index (χ2n) is 7.96. The number of likely N-dealkylation sites (N-methyl/N-ethyl adjacent to an activating group) is 1. The highest BCUT2D eigenvalue weighted by atomic mass is 16.2. The van der Waals surface area contributed by atoms with Crippen LogP contribution in [0.15, 0.2) is 24.4 Å². The van der Waals surface area contributed by atoms with Crippen molar-refractivity contribution in [3.63, 3.8) is 0 Å². The number of carbonyl (C=O) groups excluding carboxylic acids is 2. The fourth-order valence-corrected chi connectivity index (χ4v) is 4.16. The summed E-state index contributed by atoms with van der Waals surface area (Å²) >= 11 is 0. The van der Waals surface area contributed by atoms with Crippen LogP contribution in [0, 0.1) is 5.92 Å². The Morgan fingerprint density at radius 3 is 2.41 bits per heavy atom. The number of nitrogens with zero attached hydrogens (tertiary/aromatic N) is 4. The van der Waals surface area contributed by atoms with Crippen LogP contribution in [0.1, 0.15) is 44.2 Å². The molecule has 3 rings (SSSR count). The summed E-state index contributed by atoms with van der Waals surface area (Å²) in [6.45, 7) is 3.87. The Morgan fingerprint density at radius 2 is 1.74 bits per heavy atom. The molecular weight excluding hydrogens is 340 g/mol. The van der Waals surface area contributed by atoms with Gasteiger partial charge < -0.3 is 9.80 Å². The monoisotopic (exact) mass is 372 g/mol. The molecule has 1 aliphatic carbocycles. The Balaban J connectivity index is 1.44. The number of pyridine rings is 1. The van der Waals surface area contributed by atoms with Crippen LogP contribution in [0.5, 0.6) is 0 Å². The molecule has 0 N–H and O–H groups in total. The number of amides is 2. The van der Waals surface area contributed by atoms with Gasteiger partial charge >= 0.3 is 0 Å². The van der Waals surface area contributed by atoms with Crippen LogP contribution in [0.4, 0.5) is 0 Å². The van der Waals surface area contributed by atoms with Gasteiger partial charge in [-0.1, -0.05) is 18.9 Å². The maximum absolute atomic E-state index is 12.7. The molecule has 1 saturated carbocycles. The van der Waals surface area contributed by atoms with E-state index in [0.717, 1.165) is 25.2 Å². The first-order valence-corrected chi connectivity index (χ1v) is 10.3. The van der Waals surface area contributed by atoms with Gasteiger partial charge in [0.05, 0.1) is 12.2 Å². The lowest BCUT2D eigenvalue weighted by molar-refractivity contribution is -0.134. The van der Waals surface area contributed by atoms with Gasteiger partial charge in [0.1, 0.15) is 0 Å². The molecule has 6 nitrogen and oxygen atoms in total. The van der Waals surface area contributed by atoms with E-state index in [1.54, 1.807) is 6.20 Å². The maximum atomic E-state index is 12.7. The molecule has 1 aromatic rings. The predicted octanol–water partition coefficient (Wildman–Crippen LogP) is 2.15. The number of carbonyl (C=O) groups is 2. The summed E-state index contributed by atoms with van der Waals surface area (Å²) in [7, 11) is 1.95. The largest absolute Gasteiger partial charge is 0.341 e. The van der Waals surface area contributed by atoms with E-state index in [2.05, 4.69) is 4.98 Å². The lowest BCUT2D eigenvalue weighted by Gasteiger charge is -2.25. The standard InChI is InChI=1S/C21H32N4O2/c1-23(16-19-9-4-5-10-22-19)17-21(27)25-12-6-11-24(13-14-25)20(26)15-18-7-2-3-8-18/h4-5,9-10,18H,2-3,6-8,11-17H2,1H3. The van der Waals surface area contributed by atoms with Gasteiger partial charge in [0.25, 0.3) is 0 Å². The van der Waals surface area contributed by atoms with Crippen molar-refractivity contribution in [1.29, 1.82) is 0 Å². The minimum absolute atomic E-state index is 0.138. The second-order valence-corrected chi connectivity index (χ2v) is 7.96. The van der Waals surface area contributed by atoms with Crippen molar-refractivity contribution < 1.29 is 9.59 Å². The minimum atomic E-state index is 0.138. The Labute approximate surface area is 162 Å². The van der Waals surface area contributed by atoms with Gasteiger partial charge in [0, 0.05) is 45.3 Å². The van der Waals surface area contributed by atoms with Gasteiger partial charge in [-0.15, -0.1) is 0 Å². The molecular formula is C21H32N4O2. The van der Waals surface area contributed by atoms with Crippen molar-refractivity contribution in [3.05, 3.63) is 30.1 Å². The highest BCUT2D eigenvalue weighted by molar-refractivity contribution is 5.79. The highest BCUT2D eigenvalue weighted by Gasteiger charge is 2.25. The molecule has 0 bridgehead atoms. The van der Waals surface area contributed by atoms with Crippen LogP contribution >= 0.6 is 0 Å². The molecule has 0 spiro atoms. The molecule has 0 unspecified atom stereocenters. The molecule has 2 amide bonds. The van der Waals surface area contributed by atoms with E-state index in [4.69, 9.17) is 0 Å². The zero-order chi connectivity index (χ0) is 19.1. The van der Waals surface area contributed by atoms with Gasteiger partial charge in [0.15, 0.2) is 0 Å². The van der Waals surface area contributed by atoms with Crippen LogP contribution in [0.2, 0.25) is 0 Å². The van der Waals surface area contributed by atoms with E-state index in [0.29, 0.717) is 38.5 Å². The highest BCUT2D eigenvalue weighted by Crippen LogP contribution is 2.28. The van der Waals surface area contributed by atoms with Crippen molar-refractivity contribution in [2.24, 2.45) is 5.92 Å².